The summed E-state index contributed by atoms with van der Waals surface area (Å²) in [5.74, 6) is -0.703. The van der Waals surface area contributed by atoms with E-state index in [1.54, 1.807) is 37.3 Å². The van der Waals surface area contributed by atoms with Crippen LogP contribution in [0.2, 0.25) is 0 Å². The van der Waals surface area contributed by atoms with Gasteiger partial charge in [0.15, 0.2) is 0 Å². The summed E-state index contributed by atoms with van der Waals surface area (Å²) in [6.07, 6.45) is 3.99. The van der Waals surface area contributed by atoms with Crippen LogP contribution in [-0.4, -0.2) is 43.8 Å². The first-order valence-corrected chi connectivity index (χ1v) is 15.8. The molecule has 9 heteroatoms. The second kappa shape index (κ2) is 13.0. The highest BCUT2D eigenvalue weighted by atomic mass is 79.9. The maximum atomic E-state index is 14.1. The minimum Gasteiger partial charge on any atom is -0.352 e. The van der Waals surface area contributed by atoms with Crippen molar-refractivity contribution in [3.05, 3.63) is 94.0 Å². The summed E-state index contributed by atoms with van der Waals surface area (Å²) in [7, 11) is -4.08. The molecule has 1 saturated carbocycles. The highest BCUT2D eigenvalue weighted by molar-refractivity contribution is 9.10. The van der Waals surface area contributed by atoms with Crippen molar-refractivity contribution in [1.82, 2.24) is 10.2 Å². The van der Waals surface area contributed by atoms with Crippen molar-refractivity contribution in [1.29, 1.82) is 0 Å². The molecule has 4 rings (SSSR count). The quantitative estimate of drug-likeness (QED) is 0.311. The molecule has 2 amide bonds. The van der Waals surface area contributed by atoms with Crippen LogP contribution in [0.3, 0.4) is 0 Å². The number of sulfonamides is 1. The molecule has 1 aliphatic rings. The van der Waals surface area contributed by atoms with Gasteiger partial charge in [-0.15, -0.1) is 0 Å². The van der Waals surface area contributed by atoms with E-state index in [2.05, 4.69) is 21.2 Å². The number of carbonyl (C=O) groups excluding carboxylic acids is 2. The van der Waals surface area contributed by atoms with Crippen LogP contribution < -0.4 is 9.62 Å². The molecule has 212 valence electrons. The Balaban J connectivity index is 1.69. The molecule has 1 fully saturated rings. The maximum Gasteiger partial charge on any atom is 0.264 e. The standard InChI is InChI=1S/C31H36BrN3O4S/c1-22-16-17-28(18-23(22)2)35(40(38,39)29-14-5-4-6-15-29)21-30(36)34(20-25-10-9-11-26(32)19-25)24(3)31(37)33-27-12-7-8-13-27/h4-6,9-11,14-19,24,27H,7-8,12-13,20-21H2,1-3H3,(H,33,37)/t24-/m1/s1. The van der Waals surface area contributed by atoms with Gasteiger partial charge in [0.1, 0.15) is 12.6 Å². The Morgan fingerprint density at radius 1 is 0.950 bits per heavy atom. The third-order valence-electron chi connectivity index (χ3n) is 7.50. The van der Waals surface area contributed by atoms with Gasteiger partial charge in [0.05, 0.1) is 10.6 Å². The number of anilines is 1. The summed E-state index contributed by atoms with van der Waals surface area (Å²) in [6.45, 7) is 5.26. The number of hydrogen-bond donors (Lipinski definition) is 1. The number of nitrogens with zero attached hydrogens (tertiary/aromatic N) is 2. The van der Waals surface area contributed by atoms with Gasteiger partial charge >= 0.3 is 0 Å². The van der Waals surface area contributed by atoms with Gasteiger partial charge in [-0.25, -0.2) is 8.42 Å². The molecule has 0 aromatic heterocycles. The second-order valence-electron chi connectivity index (χ2n) is 10.4. The van der Waals surface area contributed by atoms with Crippen LogP contribution in [-0.2, 0) is 26.2 Å². The Labute approximate surface area is 245 Å². The fourth-order valence-electron chi connectivity index (χ4n) is 4.94. The minimum atomic E-state index is -4.08. The first-order valence-electron chi connectivity index (χ1n) is 13.6. The Morgan fingerprint density at radius 2 is 1.65 bits per heavy atom. The first-order chi connectivity index (χ1) is 19.1. The predicted octanol–water partition coefficient (Wildman–Crippen LogP) is 5.74. The fraction of sp³-hybridized carbons (Fsp3) is 0.355. The average Bonchev–Trinajstić information content (AvgIpc) is 3.45. The lowest BCUT2D eigenvalue weighted by atomic mass is 10.1. The van der Waals surface area contributed by atoms with Crippen LogP contribution in [0.25, 0.3) is 0 Å². The predicted molar refractivity (Wildman–Crippen MR) is 161 cm³/mol. The Morgan fingerprint density at radius 3 is 2.30 bits per heavy atom. The number of aryl methyl sites for hydroxylation is 2. The molecule has 7 nitrogen and oxygen atoms in total. The monoisotopic (exact) mass is 625 g/mol. The fourth-order valence-corrected chi connectivity index (χ4v) is 6.81. The molecule has 1 N–H and O–H groups in total. The summed E-state index contributed by atoms with van der Waals surface area (Å²) in [5.41, 5.74) is 3.15. The third kappa shape index (κ3) is 7.12. The molecule has 3 aromatic rings. The number of hydrogen-bond acceptors (Lipinski definition) is 4. The van der Waals surface area contributed by atoms with Gasteiger partial charge in [0.25, 0.3) is 10.0 Å². The van der Waals surface area contributed by atoms with Gasteiger partial charge in [0, 0.05) is 17.1 Å². The lowest BCUT2D eigenvalue weighted by Crippen LogP contribution is -2.52. The molecule has 1 aliphatic carbocycles. The second-order valence-corrected chi connectivity index (χ2v) is 13.2. The van der Waals surface area contributed by atoms with Crippen molar-refractivity contribution >= 4 is 43.5 Å². The summed E-state index contributed by atoms with van der Waals surface area (Å²) in [4.78, 5) is 28.9. The maximum absolute atomic E-state index is 14.1. The van der Waals surface area contributed by atoms with Crippen molar-refractivity contribution in [2.24, 2.45) is 0 Å². The van der Waals surface area contributed by atoms with E-state index in [0.717, 1.165) is 51.2 Å². The minimum absolute atomic E-state index is 0.0894. The topological polar surface area (TPSA) is 86.8 Å². The van der Waals surface area contributed by atoms with Gasteiger partial charge in [-0.05, 0) is 86.7 Å². The number of carbonyl (C=O) groups is 2. The lowest BCUT2D eigenvalue weighted by Gasteiger charge is -2.32. The van der Waals surface area contributed by atoms with Crippen molar-refractivity contribution in [3.8, 4) is 0 Å². The Hall–Kier alpha value is -3.17. The van der Waals surface area contributed by atoms with Crippen molar-refractivity contribution in [3.63, 3.8) is 0 Å². The number of halogens is 1. The van der Waals surface area contributed by atoms with Crippen LogP contribution in [0.4, 0.5) is 5.69 Å². The molecule has 40 heavy (non-hydrogen) atoms. The normalized spacial score (nSPS) is 14.5. The van der Waals surface area contributed by atoms with E-state index in [1.165, 1.54) is 17.0 Å². The van der Waals surface area contributed by atoms with E-state index >= 15 is 0 Å². The summed E-state index contributed by atoms with van der Waals surface area (Å²) < 4.78 is 29.8. The molecule has 0 saturated heterocycles. The smallest absolute Gasteiger partial charge is 0.264 e. The first kappa shape index (κ1) is 29.8. The zero-order valence-corrected chi connectivity index (χ0v) is 25.5. The van der Waals surface area contributed by atoms with E-state index in [4.69, 9.17) is 0 Å². The van der Waals surface area contributed by atoms with Crippen molar-refractivity contribution < 1.29 is 18.0 Å². The van der Waals surface area contributed by atoms with Gasteiger partial charge in [-0.3, -0.25) is 13.9 Å². The highest BCUT2D eigenvalue weighted by Crippen LogP contribution is 2.27. The number of nitrogens with one attached hydrogen (secondary N) is 1. The molecule has 0 heterocycles. The summed E-state index contributed by atoms with van der Waals surface area (Å²) in [6, 6.07) is 20.3. The number of amides is 2. The molecule has 3 aromatic carbocycles. The molecule has 0 spiro atoms. The van der Waals surface area contributed by atoms with Crippen LogP contribution in [0.5, 0.6) is 0 Å². The molecule has 0 radical (unpaired) electrons. The third-order valence-corrected chi connectivity index (χ3v) is 9.78. The van der Waals surface area contributed by atoms with E-state index in [1.807, 2.05) is 44.2 Å². The van der Waals surface area contributed by atoms with E-state index in [-0.39, 0.29) is 23.4 Å². The molecule has 0 unspecified atom stereocenters. The van der Waals surface area contributed by atoms with Crippen LogP contribution in [0.1, 0.15) is 49.3 Å². The molecule has 0 aliphatic heterocycles. The zero-order valence-electron chi connectivity index (χ0n) is 23.1. The van der Waals surface area contributed by atoms with E-state index in [0.29, 0.717) is 5.69 Å². The van der Waals surface area contributed by atoms with Crippen LogP contribution in [0.15, 0.2) is 82.2 Å². The summed E-state index contributed by atoms with van der Waals surface area (Å²) >= 11 is 3.48. The molecular weight excluding hydrogens is 590 g/mol. The zero-order chi connectivity index (χ0) is 28.9. The van der Waals surface area contributed by atoms with Crippen molar-refractivity contribution in [2.45, 2.75) is 70.0 Å². The molecule has 0 bridgehead atoms. The van der Waals surface area contributed by atoms with Gasteiger partial charge in [0.2, 0.25) is 11.8 Å². The summed E-state index contributed by atoms with van der Waals surface area (Å²) in [5, 5.41) is 3.09. The van der Waals surface area contributed by atoms with Crippen LogP contribution in [0, 0.1) is 13.8 Å². The van der Waals surface area contributed by atoms with Gasteiger partial charge < -0.3 is 10.2 Å². The van der Waals surface area contributed by atoms with E-state index in [9.17, 15) is 18.0 Å². The van der Waals surface area contributed by atoms with Crippen LogP contribution >= 0.6 is 15.9 Å². The molecular formula is C31H36BrN3O4S. The SMILES string of the molecule is Cc1ccc(N(CC(=O)N(Cc2cccc(Br)c2)[C@H](C)C(=O)NC2CCCC2)S(=O)(=O)c2ccccc2)cc1C. The number of benzene rings is 3. The highest BCUT2D eigenvalue weighted by Gasteiger charge is 2.33. The Kier molecular flexibility index (Phi) is 9.68. The lowest BCUT2D eigenvalue weighted by molar-refractivity contribution is -0.139. The van der Waals surface area contributed by atoms with Crippen molar-refractivity contribution in [2.75, 3.05) is 10.8 Å². The Bertz CT molecular complexity index is 1460. The van der Waals surface area contributed by atoms with Gasteiger partial charge in [-0.2, -0.15) is 0 Å². The molecule has 1 atom stereocenters. The van der Waals surface area contributed by atoms with E-state index < -0.39 is 28.5 Å². The average molecular weight is 627 g/mol. The number of rotatable bonds is 10. The van der Waals surface area contributed by atoms with Gasteiger partial charge in [-0.1, -0.05) is 65.2 Å². The largest absolute Gasteiger partial charge is 0.352 e.